The van der Waals surface area contributed by atoms with Crippen molar-refractivity contribution in [3.63, 3.8) is 0 Å². The predicted octanol–water partition coefficient (Wildman–Crippen LogP) is 1.94. The minimum absolute atomic E-state index is 0.197. The van der Waals surface area contributed by atoms with Gasteiger partial charge in [0.15, 0.2) is 0 Å². The number of hydrogen-bond donors (Lipinski definition) is 1. The second-order valence-corrected chi connectivity index (χ2v) is 3.18. The molecule has 0 saturated carbocycles. The highest BCUT2D eigenvalue weighted by Crippen LogP contribution is 2.28. The molecule has 1 aliphatic rings. The Morgan fingerprint density at radius 1 is 1.36 bits per heavy atom. The van der Waals surface area contributed by atoms with Crippen LogP contribution in [0.3, 0.4) is 0 Å². The Balaban J connectivity index is 2.46. The lowest BCUT2D eigenvalue weighted by Crippen LogP contribution is -2.47. The van der Waals surface area contributed by atoms with Crippen LogP contribution in [0.5, 0.6) is 0 Å². The molecule has 11 heavy (non-hydrogen) atoms. The molecule has 1 saturated heterocycles. The third-order valence-corrected chi connectivity index (χ3v) is 2.06. The standard InChI is InChI=1S/C7H12F3N/c1-5-2-3-11-6(4-5)7(8,9)10/h5-6,11H,2-4H2,1H3/t5-,6+/m0/s1. The van der Waals surface area contributed by atoms with Crippen LogP contribution >= 0.6 is 0 Å². The van der Waals surface area contributed by atoms with E-state index in [1.807, 2.05) is 6.92 Å². The van der Waals surface area contributed by atoms with Crippen LogP contribution in [0.2, 0.25) is 0 Å². The predicted molar refractivity (Wildman–Crippen MR) is 36.2 cm³/mol. The summed E-state index contributed by atoms with van der Waals surface area (Å²) in [5.41, 5.74) is 0. The number of rotatable bonds is 0. The fourth-order valence-electron chi connectivity index (χ4n) is 1.36. The van der Waals surface area contributed by atoms with Gasteiger partial charge < -0.3 is 5.32 Å². The number of hydrogen-bond acceptors (Lipinski definition) is 1. The first kappa shape index (κ1) is 8.84. The van der Waals surface area contributed by atoms with Crippen LogP contribution in [0.4, 0.5) is 13.2 Å². The second kappa shape index (κ2) is 3.01. The maximum absolute atomic E-state index is 12.1. The van der Waals surface area contributed by atoms with E-state index in [9.17, 15) is 13.2 Å². The van der Waals surface area contributed by atoms with Crippen LogP contribution in [-0.2, 0) is 0 Å². The van der Waals surface area contributed by atoms with Gasteiger partial charge in [0, 0.05) is 0 Å². The third kappa shape index (κ3) is 2.36. The summed E-state index contributed by atoms with van der Waals surface area (Å²) >= 11 is 0. The first-order chi connectivity index (χ1) is 5.00. The van der Waals surface area contributed by atoms with Crippen LogP contribution in [0, 0.1) is 5.92 Å². The third-order valence-electron chi connectivity index (χ3n) is 2.06. The Morgan fingerprint density at radius 3 is 2.36 bits per heavy atom. The van der Waals surface area contributed by atoms with Crippen molar-refractivity contribution in [2.45, 2.75) is 32.0 Å². The Morgan fingerprint density at radius 2 is 2.00 bits per heavy atom. The largest absolute Gasteiger partial charge is 0.403 e. The molecule has 0 aromatic carbocycles. The highest BCUT2D eigenvalue weighted by Gasteiger charge is 2.41. The summed E-state index contributed by atoms with van der Waals surface area (Å²) in [6.07, 6.45) is -2.98. The molecule has 2 atom stereocenters. The lowest BCUT2D eigenvalue weighted by Gasteiger charge is -2.29. The minimum Gasteiger partial charge on any atom is -0.306 e. The molecule has 1 fully saturated rings. The molecular formula is C7H12F3N. The van der Waals surface area contributed by atoms with Gasteiger partial charge in [-0.25, -0.2) is 0 Å². The van der Waals surface area contributed by atoms with Crippen molar-refractivity contribution in [1.29, 1.82) is 0 Å². The fraction of sp³-hybridized carbons (Fsp3) is 1.00. The molecule has 0 radical (unpaired) electrons. The Bertz CT molecular complexity index is 132. The maximum Gasteiger partial charge on any atom is 0.403 e. The number of nitrogens with one attached hydrogen (secondary N) is 1. The van der Waals surface area contributed by atoms with Crippen molar-refractivity contribution in [2.75, 3.05) is 6.54 Å². The van der Waals surface area contributed by atoms with E-state index < -0.39 is 12.2 Å². The normalized spacial score (nSPS) is 33.8. The molecule has 0 spiro atoms. The first-order valence-electron chi connectivity index (χ1n) is 3.80. The van der Waals surface area contributed by atoms with Gasteiger partial charge in [0.1, 0.15) is 6.04 Å². The SMILES string of the molecule is C[C@H]1CCN[C@@H](C(F)(F)F)C1. The lowest BCUT2D eigenvalue weighted by molar-refractivity contribution is -0.163. The average molecular weight is 167 g/mol. The lowest BCUT2D eigenvalue weighted by atomic mass is 9.94. The zero-order valence-corrected chi connectivity index (χ0v) is 6.41. The zero-order chi connectivity index (χ0) is 8.48. The number of piperidine rings is 1. The first-order valence-corrected chi connectivity index (χ1v) is 3.80. The molecule has 1 rings (SSSR count). The van der Waals surface area contributed by atoms with Crippen molar-refractivity contribution < 1.29 is 13.2 Å². The summed E-state index contributed by atoms with van der Waals surface area (Å²) in [5.74, 6) is 0.197. The average Bonchev–Trinajstić information content (AvgIpc) is 1.86. The van der Waals surface area contributed by atoms with E-state index in [1.165, 1.54) is 0 Å². The summed E-state index contributed by atoms with van der Waals surface area (Å²) in [7, 11) is 0. The van der Waals surface area contributed by atoms with Crippen molar-refractivity contribution in [3.8, 4) is 0 Å². The molecule has 1 aliphatic heterocycles. The highest BCUT2D eigenvalue weighted by atomic mass is 19.4. The van der Waals surface area contributed by atoms with Crippen LogP contribution in [0.1, 0.15) is 19.8 Å². The summed E-state index contributed by atoms with van der Waals surface area (Å²) in [5, 5.41) is 2.46. The Labute approximate surface area is 64.0 Å². The van der Waals surface area contributed by atoms with Crippen LogP contribution in [0.25, 0.3) is 0 Å². The van der Waals surface area contributed by atoms with Crippen molar-refractivity contribution in [2.24, 2.45) is 5.92 Å². The van der Waals surface area contributed by atoms with Crippen LogP contribution in [0.15, 0.2) is 0 Å². The van der Waals surface area contributed by atoms with Gasteiger partial charge >= 0.3 is 6.18 Å². The van der Waals surface area contributed by atoms with Crippen LogP contribution in [-0.4, -0.2) is 18.8 Å². The summed E-state index contributed by atoms with van der Waals surface area (Å²) < 4.78 is 36.2. The summed E-state index contributed by atoms with van der Waals surface area (Å²) in [4.78, 5) is 0. The highest BCUT2D eigenvalue weighted by molar-refractivity contribution is 4.81. The van der Waals surface area contributed by atoms with E-state index >= 15 is 0 Å². The number of alkyl halides is 3. The molecule has 66 valence electrons. The van der Waals surface area contributed by atoms with Gasteiger partial charge in [0.2, 0.25) is 0 Å². The quantitative estimate of drug-likeness (QED) is 0.581. The fourth-order valence-corrected chi connectivity index (χ4v) is 1.36. The van der Waals surface area contributed by atoms with E-state index in [4.69, 9.17) is 0 Å². The molecule has 0 bridgehead atoms. The van der Waals surface area contributed by atoms with Crippen LogP contribution < -0.4 is 5.32 Å². The van der Waals surface area contributed by atoms with Crippen molar-refractivity contribution in [1.82, 2.24) is 5.32 Å². The second-order valence-electron chi connectivity index (χ2n) is 3.18. The molecular weight excluding hydrogens is 155 g/mol. The van der Waals surface area contributed by atoms with Crippen molar-refractivity contribution in [3.05, 3.63) is 0 Å². The molecule has 1 N–H and O–H groups in total. The maximum atomic E-state index is 12.1. The van der Waals surface area contributed by atoms with Gasteiger partial charge in [-0.2, -0.15) is 13.2 Å². The Kier molecular flexibility index (Phi) is 2.42. The van der Waals surface area contributed by atoms with E-state index in [0.29, 0.717) is 6.54 Å². The smallest absolute Gasteiger partial charge is 0.306 e. The molecule has 1 nitrogen and oxygen atoms in total. The summed E-state index contributed by atoms with van der Waals surface area (Å²) in [6.45, 7) is 2.35. The van der Waals surface area contributed by atoms with Gasteiger partial charge in [-0.1, -0.05) is 6.92 Å². The topological polar surface area (TPSA) is 12.0 Å². The molecule has 0 aromatic rings. The van der Waals surface area contributed by atoms with E-state index in [1.54, 1.807) is 0 Å². The molecule has 4 heteroatoms. The minimum atomic E-state index is -4.06. The molecule has 0 amide bonds. The van der Waals surface area contributed by atoms with Gasteiger partial charge in [-0.3, -0.25) is 0 Å². The van der Waals surface area contributed by atoms with Crippen molar-refractivity contribution >= 4 is 0 Å². The van der Waals surface area contributed by atoms with E-state index in [0.717, 1.165) is 6.42 Å². The zero-order valence-electron chi connectivity index (χ0n) is 6.41. The molecule has 1 heterocycles. The monoisotopic (exact) mass is 167 g/mol. The molecule has 0 aliphatic carbocycles. The van der Waals surface area contributed by atoms with Gasteiger partial charge in [-0.05, 0) is 25.3 Å². The summed E-state index contributed by atoms with van der Waals surface area (Å²) in [6, 6.07) is -1.27. The molecule has 0 aromatic heterocycles. The Hall–Kier alpha value is -0.250. The van der Waals surface area contributed by atoms with E-state index in [-0.39, 0.29) is 12.3 Å². The van der Waals surface area contributed by atoms with Gasteiger partial charge in [-0.15, -0.1) is 0 Å². The number of halogens is 3. The van der Waals surface area contributed by atoms with Gasteiger partial charge in [0.05, 0.1) is 0 Å². The van der Waals surface area contributed by atoms with Gasteiger partial charge in [0.25, 0.3) is 0 Å². The van der Waals surface area contributed by atoms with E-state index in [2.05, 4.69) is 5.32 Å². The molecule has 0 unspecified atom stereocenters.